The largest absolute Gasteiger partial charge is 0.396 e. The normalized spacial score (nSPS) is 18.1. The van der Waals surface area contributed by atoms with Crippen LogP contribution in [0.25, 0.3) is 0 Å². The molecule has 0 amide bonds. The van der Waals surface area contributed by atoms with Crippen molar-refractivity contribution in [3.05, 3.63) is 11.6 Å². The van der Waals surface area contributed by atoms with Crippen LogP contribution in [-0.4, -0.2) is 84.0 Å². The standard InChI is InChI=1S/C30H60O4.C30H60O3/c1-24(16-21-31)12-10-19-28(4,5)32-22-17-25(2)13-11-20-29(6,7)33-23-18-26(3)14-15-27-30(8,9)34-27;1-25(2)13-10-14-27(4)18-23-32-30(8,9)21-12-16-28(5)19-24-33-29(6,7)20-11-15-26(3)17-22-31/h24-27,31H,10-23H2,1-9H3;13,26-28,31H,10-12,14-24H2,1-9H3. The monoisotopic (exact) mass is 953 g/mol. The minimum absolute atomic E-state index is 0.0228. The third-order valence-electron chi connectivity index (χ3n) is 14.9. The quantitative estimate of drug-likeness (QED) is 0.0465. The summed E-state index contributed by atoms with van der Waals surface area (Å²) in [6.07, 6.45) is 28.1. The molecule has 1 fully saturated rings. The number of epoxide rings is 1. The van der Waals surface area contributed by atoms with E-state index in [2.05, 4.69) is 131 Å². The van der Waals surface area contributed by atoms with Crippen LogP contribution in [0.15, 0.2) is 11.6 Å². The summed E-state index contributed by atoms with van der Waals surface area (Å²) in [4.78, 5) is 0. The van der Waals surface area contributed by atoms with E-state index in [0.717, 1.165) is 96.6 Å². The van der Waals surface area contributed by atoms with Gasteiger partial charge in [-0.05, 0) is 208 Å². The van der Waals surface area contributed by atoms with Gasteiger partial charge in [0.25, 0.3) is 0 Å². The van der Waals surface area contributed by atoms with E-state index in [0.29, 0.717) is 48.9 Å². The molecule has 1 aliphatic rings. The number of hydrogen-bond acceptors (Lipinski definition) is 7. The maximum absolute atomic E-state index is 9.04. The van der Waals surface area contributed by atoms with Crippen molar-refractivity contribution in [3.8, 4) is 0 Å². The van der Waals surface area contributed by atoms with Gasteiger partial charge in [-0.25, -0.2) is 0 Å². The lowest BCUT2D eigenvalue weighted by Gasteiger charge is -2.28. The van der Waals surface area contributed by atoms with E-state index in [1.807, 2.05) is 0 Å². The van der Waals surface area contributed by atoms with Crippen LogP contribution >= 0.6 is 0 Å². The first-order valence-electron chi connectivity index (χ1n) is 28.2. The van der Waals surface area contributed by atoms with E-state index >= 15 is 0 Å². The van der Waals surface area contributed by atoms with Gasteiger partial charge in [-0.2, -0.15) is 0 Å². The third kappa shape index (κ3) is 39.7. The van der Waals surface area contributed by atoms with E-state index in [4.69, 9.17) is 33.9 Å². The molecule has 7 heteroatoms. The molecule has 67 heavy (non-hydrogen) atoms. The molecule has 2 N–H and O–H groups in total. The van der Waals surface area contributed by atoms with Crippen LogP contribution in [0.4, 0.5) is 0 Å². The Morgan fingerprint density at radius 3 is 1.00 bits per heavy atom. The summed E-state index contributed by atoms with van der Waals surface area (Å²) in [5.74, 6) is 4.01. The predicted octanol–water partition coefficient (Wildman–Crippen LogP) is 16.7. The Balaban J connectivity index is 0.00000130. The van der Waals surface area contributed by atoms with Gasteiger partial charge in [0, 0.05) is 39.6 Å². The molecule has 0 radical (unpaired) electrons. The summed E-state index contributed by atoms with van der Waals surface area (Å²) >= 11 is 0. The number of aliphatic hydroxyl groups is 2. The molecule has 0 aromatic rings. The zero-order valence-electron chi connectivity index (χ0n) is 48.4. The predicted molar refractivity (Wildman–Crippen MR) is 289 cm³/mol. The zero-order chi connectivity index (χ0) is 51.2. The second-order valence-electron chi connectivity index (χ2n) is 25.5. The van der Waals surface area contributed by atoms with Crippen LogP contribution in [0.5, 0.6) is 0 Å². The first-order chi connectivity index (χ1) is 31.1. The van der Waals surface area contributed by atoms with Gasteiger partial charge < -0.3 is 33.9 Å². The number of allylic oxidation sites excluding steroid dienone is 2. The van der Waals surface area contributed by atoms with Crippen molar-refractivity contribution in [2.45, 2.75) is 300 Å². The molecule has 0 saturated carbocycles. The fourth-order valence-electron chi connectivity index (χ4n) is 9.08. The SMILES string of the molecule is CC(C)=CCCC(C)CCOC(C)(C)CCCC(C)CCOC(C)(C)CCCC(C)CCO.CC(CCO)CCCC(C)(C)OCCC(C)CCCC(C)(C)OCCC(C)CCC1OC1(C)C. The number of rotatable bonds is 42. The average Bonchev–Trinajstić information content (AvgIpc) is 3.82. The summed E-state index contributed by atoms with van der Waals surface area (Å²) < 4.78 is 30.7. The van der Waals surface area contributed by atoms with Gasteiger partial charge in [-0.1, -0.05) is 105 Å². The summed E-state index contributed by atoms with van der Waals surface area (Å²) in [7, 11) is 0. The molecule has 1 saturated heterocycles. The van der Waals surface area contributed by atoms with Crippen molar-refractivity contribution in [2.24, 2.45) is 35.5 Å². The number of hydrogen-bond donors (Lipinski definition) is 2. The lowest BCUT2D eigenvalue weighted by atomic mass is 9.94. The first kappa shape index (κ1) is 66.5. The van der Waals surface area contributed by atoms with Crippen LogP contribution in [0.2, 0.25) is 0 Å². The van der Waals surface area contributed by atoms with Gasteiger partial charge in [0.2, 0.25) is 0 Å². The fourth-order valence-corrected chi connectivity index (χ4v) is 9.08. The van der Waals surface area contributed by atoms with Crippen molar-refractivity contribution >= 4 is 0 Å². The van der Waals surface area contributed by atoms with Crippen LogP contribution in [-0.2, 0) is 23.7 Å². The minimum atomic E-state index is -0.0481. The van der Waals surface area contributed by atoms with Crippen LogP contribution in [0, 0.1) is 35.5 Å². The summed E-state index contributed by atoms with van der Waals surface area (Å²) in [6.45, 7) is 44.5. The number of ether oxygens (including phenoxy) is 5. The second-order valence-corrected chi connectivity index (χ2v) is 25.5. The molecule has 7 unspecified atom stereocenters. The smallest absolute Gasteiger partial charge is 0.0892 e. The summed E-state index contributed by atoms with van der Waals surface area (Å²) in [5.41, 5.74) is 1.39. The molecule has 0 aromatic heterocycles. The Morgan fingerprint density at radius 1 is 0.463 bits per heavy atom. The van der Waals surface area contributed by atoms with E-state index in [1.54, 1.807) is 0 Å². The van der Waals surface area contributed by atoms with Gasteiger partial charge in [0.1, 0.15) is 0 Å². The van der Waals surface area contributed by atoms with Gasteiger partial charge >= 0.3 is 0 Å². The average molecular weight is 954 g/mol. The van der Waals surface area contributed by atoms with E-state index < -0.39 is 0 Å². The Morgan fingerprint density at radius 2 is 0.731 bits per heavy atom. The zero-order valence-corrected chi connectivity index (χ0v) is 48.4. The maximum Gasteiger partial charge on any atom is 0.0892 e. The number of aliphatic hydroxyl groups excluding tert-OH is 2. The summed E-state index contributed by atoms with van der Waals surface area (Å²) in [6, 6.07) is 0. The lowest BCUT2D eigenvalue weighted by Crippen LogP contribution is -2.26. The van der Waals surface area contributed by atoms with E-state index in [1.165, 1.54) is 82.6 Å². The van der Waals surface area contributed by atoms with Gasteiger partial charge in [0.15, 0.2) is 0 Å². The maximum atomic E-state index is 9.04. The Kier molecular flexibility index (Phi) is 35.3. The molecule has 1 heterocycles. The van der Waals surface area contributed by atoms with Gasteiger partial charge in [-0.3, -0.25) is 0 Å². The molecule has 0 aromatic carbocycles. The summed E-state index contributed by atoms with van der Waals surface area (Å²) in [5, 5.41) is 18.1. The highest BCUT2D eigenvalue weighted by Gasteiger charge is 2.47. The molecule has 0 aliphatic carbocycles. The van der Waals surface area contributed by atoms with E-state index in [-0.39, 0.29) is 28.0 Å². The van der Waals surface area contributed by atoms with E-state index in [9.17, 15) is 0 Å². The van der Waals surface area contributed by atoms with Crippen LogP contribution in [0.1, 0.15) is 266 Å². The topological polar surface area (TPSA) is 89.9 Å². The molecule has 0 spiro atoms. The molecule has 7 atom stereocenters. The van der Waals surface area contributed by atoms with Crippen molar-refractivity contribution in [2.75, 3.05) is 39.6 Å². The molecular formula is C60H120O7. The fraction of sp³-hybridized carbons (Fsp3) is 0.967. The van der Waals surface area contributed by atoms with Crippen molar-refractivity contribution in [1.29, 1.82) is 0 Å². The van der Waals surface area contributed by atoms with Crippen molar-refractivity contribution < 1.29 is 33.9 Å². The highest BCUT2D eigenvalue weighted by atomic mass is 16.6. The molecule has 0 bridgehead atoms. The lowest BCUT2D eigenvalue weighted by molar-refractivity contribution is -0.0352. The highest BCUT2D eigenvalue weighted by Crippen LogP contribution is 2.39. The van der Waals surface area contributed by atoms with Gasteiger partial charge in [-0.15, -0.1) is 0 Å². The Labute approximate surface area is 419 Å². The minimum Gasteiger partial charge on any atom is -0.396 e. The van der Waals surface area contributed by atoms with Crippen LogP contribution < -0.4 is 0 Å². The molecule has 7 nitrogen and oxygen atoms in total. The molecule has 1 aliphatic heterocycles. The molecule has 402 valence electrons. The second kappa shape index (κ2) is 35.6. The highest BCUT2D eigenvalue weighted by molar-refractivity contribution is 4.94. The molecule has 1 rings (SSSR count). The van der Waals surface area contributed by atoms with Crippen LogP contribution in [0.3, 0.4) is 0 Å². The third-order valence-corrected chi connectivity index (χ3v) is 14.9. The van der Waals surface area contributed by atoms with Crippen molar-refractivity contribution in [1.82, 2.24) is 0 Å². The van der Waals surface area contributed by atoms with Gasteiger partial charge in [0.05, 0.1) is 34.1 Å². The molecular weight excluding hydrogens is 833 g/mol. The van der Waals surface area contributed by atoms with Crippen molar-refractivity contribution in [3.63, 3.8) is 0 Å². The Bertz CT molecular complexity index is 1200. The first-order valence-corrected chi connectivity index (χ1v) is 28.2. The Hall–Kier alpha value is -0.540.